The molecule has 1 rings (SSSR count). The minimum Gasteiger partial charge on any atom is -0.159 e. The molecule has 0 N–H and O–H groups in total. The SMILES string of the molecule is C#CCCCSC1CCCC(C)C1. The zero-order valence-corrected chi connectivity index (χ0v) is 9.41. The number of rotatable bonds is 4. The first kappa shape index (κ1) is 11.0. The second-order valence-corrected chi connectivity index (χ2v) is 5.48. The number of hydrogen-bond acceptors (Lipinski definition) is 1. The van der Waals surface area contributed by atoms with Gasteiger partial charge in [-0.1, -0.05) is 19.8 Å². The molecule has 0 bridgehead atoms. The van der Waals surface area contributed by atoms with Gasteiger partial charge < -0.3 is 0 Å². The molecule has 74 valence electrons. The molecule has 1 fully saturated rings. The maximum absolute atomic E-state index is 5.21. The van der Waals surface area contributed by atoms with Crippen molar-refractivity contribution in [3.8, 4) is 12.3 Å². The zero-order valence-electron chi connectivity index (χ0n) is 8.59. The number of thioether (sulfide) groups is 1. The summed E-state index contributed by atoms with van der Waals surface area (Å²) in [5.74, 6) is 4.92. The van der Waals surface area contributed by atoms with Crippen LogP contribution in [0.4, 0.5) is 0 Å². The van der Waals surface area contributed by atoms with Gasteiger partial charge in [-0.2, -0.15) is 11.8 Å². The Morgan fingerprint density at radius 3 is 3.00 bits per heavy atom. The van der Waals surface area contributed by atoms with Crippen LogP contribution < -0.4 is 0 Å². The summed E-state index contributed by atoms with van der Waals surface area (Å²) < 4.78 is 0. The van der Waals surface area contributed by atoms with Crippen LogP contribution >= 0.6 is 11.8 Å². The minimum atomic E-state index is 0.932. The van der Waals surface area contributed by atoms with Crippen molar-refractivity contribution in [1.82, 2.24) is 0 Å². The van der Waals surface area contributed by atoms with Gasteiger partial charge in [-0.05, 0) is 30.9 Å². The zero-order chi connectivity index (χ0) is 9.52. The quantitative estimate of drug-likeness (QED) is 0.488. The Hall–Kier alpha value is -0.0900. The number of unbranched alkanes of at least 4 members (excludes halogenated alkanes) is 1. The molecule has 0 aromatic carbocycles. The highest BCUT2D eigenvalue weighted by Crippen LogP contribution is 2.32. The Morgan fingerprint density at radius 2 is 2.31 bits per heavy atom. The summed E-state index contributed by atoms with van der Waals surface area (Å²) in [6.07, 6.45) is 13.1. The molecule has 0 amide bonds. The molecule has 1 aliphatic rings. The lowest BCUT2D eigenvalue weighted by atomic mass is 9.91. The maximum atomic E-state index is 5.21. The van der Waals surface area contributed by atoms with Gasteiger partial charge in [-0.3, -0.25) is 0 Å². The Morgan fingerprint density at radius 1 is 1.46 bits per heavy atom. The van der Waals surface area contributed by atoms with Crippen LogP contribution in [0.2, 0.25) is 0 Å². The second-order valence-electron chi connectivity index (χ2n) is 4.07. The molecule has 0 heterocycles. The Labute approximate surface area is 86.9 Å². The predicted molar refractivity (Wildman–Crippen MR) is 61.9 cm³/mol. The highest BCUT2D eigenvalue weighted by Gasteiger charge is 2.18. The van der Waals surface area contributed by atoms with Crippen molar-refractivity contribution in [3.63, 3.8) is 0 Å². The molecular formula is C12H20S. The first-order chi connectivity index (χ1) is 6.33. The van der Waals surface area contributed by atoms with Gasteiger partial charge in [0.05, 0.1) is 0 Å². The van der Waals surface area contributed by atoms with Crippen LogP contribution in [0.1, 0.15) is 45.4 Å². The highest BCUT2D eigenvalue weighted by molar-refractivity contribution is 7.99. The summed E-state index contributed by atoms with van der Waals surface area (Å²) in [5.41, 5.74) is 0. The molecule has 1 heteroatoms. The van der Waals surface area contributed by atoms with Crippen LogP contribution in [0.3, 0.4) is 0 Å². The molecule has 13 heavy (non-hydrogen) atoms. The molecule has 0 aromatic rings. The number of hydrogen-bond donors (Lipinski definition) is 0. The fourth-order valence-electron chi connectivity index (χ4n) is 1.95. The van der Waals surface area contributed by atoms with Crippen molar-refractivity contribution < 1.29 is 0 Å². The average Bonchev–Trinajstić information content (AvgIpc) is 2.13. The third-order valence-electron chi connectivity index (χ3n) is 2.71. The Balaban J connectivity index is 2.04. The monoisotopic (exact) mass is 196 g/mol. The largest absolute Gasteiger partial charge is 0.159 e. The van der Waals surface area contributed by atoms with Gasteiger partial charge in [-0.15, -0.1) is 12.3 Å². The molecule has 1 aliphatic carbocycles. The predicted octanol–water partition coefficient (Wildman–Crippen LogP) is 3.71. The van der Waals surface area contributed by atoms with Crippen molar-refractivity contribution in [3.05, 3.63) is 0 Å². The summed E-state index contributed by atoms with van der Waals surface area (Å²) in [6, 6.07) is 0. The molecular weight excluding hydrogens is 176 g/mol. The van der Waals surface area contributed by atoms with Gasteiger partial charge in [0.25, 0.3) is 0 Å². The van der Waals surface area contributed by atoms with Gasteiger partial charge in [-0.25, -0.2) is 0 Å². The molecule has 0 nitrogen and oxygen atoms in total. The van der Waals surface area contributed by atoms with E-state index in [4.69, 9.17) is 6.42 Å². The lowest BCUT2D eigenvalue weighted by Gasteiger charge is -2.26. The molecule has 0 aliphatic heterocycles. The van der Waals surface area contributed by atoms with E-state index in [1.165, 1.54) is 37.9 Å². The van der Waals surface area contributed by atoms with Crippen LogP contribution in [0, 0.1) is 18.3 Å². The Bertz CT molecular complexity index is 168. The van der Waals surface area contributed by atoms with Crippen LogP contribution in [0.25, 0.3) is 0 Å². The lowest BCUT2D eigenvalue weighted by molar-refractivity contribution is 0.394. The van der Waals surface area contributed by atoms with E-state index in [9.17, 15) is 0 Å². The van der Waals surface area contributed by atoms with Gasteiger partial charge in [0, 0.05) is 11.7 Å². The summed E-state index contributed by atoms with van der Waals surface area (Å²) in [7, 11) is 0. The van der Waals surface area contributed by atoms with Crippen molar-refractivity contribution in [2.75, 3.05) is 5.75 Å². The minimum absolute atomic E-state index is 0.932. The van der Waals surface area contributed by atoms with Crippen molar-refractivity contribution in [1.29, 1.82) is 0 Å². The molecule has 2 atom stereocenters. The molecule has 2 unspecified atom stereocenters. The van der Waals surface area contributed by atoms with E-state index >= 15 is 0 Å². The van der Waals surface area contributed by atoms with E-state index in [1.54, 1.807) is 0 Å². The topological polar surface area (TPSA) is 0 Å². The van der Waals surface area contributed by atoms with Gasteiger partial charge in [0.2, 0.25) is 0 Å². The van der Waals surface area contributed by atoms with Crippen LogP contribution in [-0.4, -0.2) is 11.0 Å². The van der Waals surface area contributed by atoms with E-state index in [0.717, 1.165) is 17.6 Å². The van der Waals surface area contributed by atoms with Crippen LogP contribution in [0.5, 0.6) is 0 Å². The molecule has 0 saturated heterocycles. The first-order valence-corrected chi connectivity index (χ1v) is 6.43. The van der Waals surface area contributed by atoms with Crippen molar-refractivity contribution >= 4 is 11.8 Å². The van der Waals surface area contributed by atoms with Crippen LogP contribution in [-0.2, 0) is 0 Å². The third kappa shape index (κ3) is 4.62. The standard InChI is InChI=1S/C12H20S/c1-3-4-5-9-13-12-8-6-7-11(2)10-12/h1,11-12H,4-10H2,2H3. The van der Waals surface area contributed by atoms with Crippen LogP contribution in [0.15, 0.2) is 0 Å². The maximum Gasteiger partial charge on any atom is 0.00939 e. The average molecular weight is 196 g/mol. The molecule has 1 saturated carbocycles. The normalized spacial score (nSPS) is 28.3. The summed E-state index contributed by atoms with van der Waals surface area (Å²) in [5, 5.41) is 0.932. The van der Waals surface area contributed by atoms with E-state index in [-0.39, 0.29) is 0 Å². The fraction of sp³-hybridized carbons (Fsp3) is 0.833. The molecule has 0 aromatic heterocycles. The van der Waals surface area contributed by atoms with E-state index < -0.39 is 0 Å². The van der Waals surface area contributed by atoms with E-state index in [2.05, 4.69) is 24.6 Å². The Kier molecular flexibility index (Phi) is 5.39. The van der Waals surface area contributed by atoms with Gasteiger partial charge >= 0.3 is 0 Å². The highest BCUT2D eigenvalue weighted by atomic mass is 32.2. The van der Waals surface area contributed by atoms with Gasteiger partial charge in [0.1, 0.15) is 0 Å². The smallest absolute Gasteiger partial charge is 0.00939 e. The van der Waals surface area contributed by atoms with Crippen molar-refractivity contribution in [2.24, 2.45) is 5.92 Å². The molecule has 0 spiro atoms. The fourth-order valence-corrected chi connectivity index (χ4v) is 3.40. The third-order valence-corrected chi connectivity index (χ3v) is 4.13. The van der Waals surface area contributed by atoms with E-state index in [1.807, 2.05) is 0 Å². The lowest BCUT2D eigenvalue weighted by Crippen LogP contribution is -2.15. The van der Waals surface area contributed by atoms with E-state index in [0.29, 0.717) is 0 Å². The molecule has 0 radical (unpaired) electrons. The number of terminal acetylenes is 1. The van der Waals surface area contributed by atoms with Crippen molar-refractivity contribution in [2.45, 2.75) is 50.7 Å². The first-order valence-electron chi connectivity index (χ1n) is 5.38. The summed E-state index contributed by atoms with van der Waals surface area (Å²) in [4.78, 5) is 0. The summed E-state index contributed by atoms with van der Waals surface area (Å²) in [6.45, 7) is 2.38. The second kappa shape index (κ2) is 6.38. The van der Waals surface area contributed by atoms with Gasteiger partial charge in [0.15, 0.2) is 0 Å². The summed E-state index contributed by atoms with van der Waals surface area (Å²) >= 11 is 2.15.